The summed E-state index contributed by atoms with van der Waals surface area (Å²) in [5.41, 5.74) is 1.70. The maximum Gasteiger partial charge on any atom is 0.294 e. The standard InChI is InChI=1S/C19H20ClN3O3/c20-16-7-8-17(18(14-16)23(25)26)21-10-12-22(13-11-21)19(24)9-6-15-4-2-1-3-5-15/h1-5,7-8,14H,6,9-13H2. The Morgan fingerprint density at radius 1 is 1.08 bits per heavy atom. The predicted octanol–water partition coefficient (Wildman–Crippen LogP) is 3.53. The minimum Gasteiger partial charge on any atom is -0.362 e. The maximum atomic E-state index is 12.4. The van der Waals surface area contributed by atoms with Gasteiger partial charge in [-0.05, 0) is 24.1 Å². The van der Waals surface area contributed by atoms with Crippen molar-refractivity contribution in [2.45, 2.75) is 12.8 Å². The van der Waals surface area contributed by atoms with Crippen LogP contribution in [-0.4, -0.2) is 41.9 Å². The Balaban J connectivity index is 1.57. The first kappa shape index (κ1) is 18.2. The highest BCUT2D eigenvalue weighted by Crippen LogP contribution is 2.31. The van der Waals surface area contributed by atoms with Crippen molar-refractivity contribution in [3.63, 3.8) is 0 Å². The maximum absolute atomic E-state index is 12.4. The quantitative estimate of drug-likeness (QED) is 0.594. The van der Waals surface area contributed by atoms with E-state index in [-0.39, 0.29) is 11.6 Å². The molecule has 0 unspecified atom stereocenters. The van der Waals surface area contributed by atoms with E-state index in [1.165, 1.54) is 6.07 Å². The van der Waals surface area contributed by atoms with E-state index >= 15 is 0 Å². The van der Waals surface area contributed by atoms with Crippen molar-refractivity contribution >= 4 is 28.9 Å². The van der Waals surface area contributed by atoms with Gasteiger partial charge >= 0.3 is 0 Å². The Labute approximate surface area is 157 Å². The number of benzene rings is 2. The zero-order chi connectivity index (χ0) is 18.5. The number of nitro groups is 1. The zero-order valence-electron chi connectivity index (χ0n) is 14.3. The number of carbonyl (C=O) groups excluding carboxylic acids is 1. The molecule has 1 aliphatic rings. The van der Waals surface area contributed by atoms with Crippen molar-refractivity contribution in [1.82, 2.24) is 4.90 Å². The summed E-state index contributed by atoms with van der Waals surface area (Å²) in [5.74, 6) is 0.124. The van der Waals surface area contributed by atoms with Crippen molar-refractivity contribution in [2.75, 3.05) is 31.1 Å². The zero-order valence-corrected chi connectivity index (χ0v) is 15.1. The van der Waals surface area contributed by atoms with Gasteiger partial charge in [0.25, 0.3) is 5.69 Å². The van der Waals surface area contributed by atoms with Crippen LogP contribution in [0.25, 0.3) is 0 Å². The molecule has 1 saturated heterocycles. The van der Waals surface area contributed by atoms with Crippen molar-refractivity contribution in [2.24, 2.45) is 0 Å². The molecule has 0 saturated carbocycles. The van der Waals surface area contributed by atoms with Gasteiger partial charge < -0.3 is 9.80 Å². The van der Waals surface area contributed by atoms with E-state index < -0.39 is 4.92 Å². The second-order valence-electron chi connectivity index (χ2n) is 6.24. The van der Waals surface area contributed by atoms with Crippen LogP contribution in [0.4, 0.5) is 11.4 Å². The van der Waals surface area contributed by atoms with Gasteiger partial charge in [0.2, 0.25) is 5.91 Å². The van der Waals surface area contributed by atoms with Crippen molar-refractivity contribution in [3.05, 3.63) is 69.2 Å². The van der Waals surface area contributed by atoms with Crippen molar-refractivity contribution in [3.8, 4) is 0 Å². The molecule has 136 valence electrons. The van der Waals surface area contributed by atoms with Gasteiger partial charge in [-0.3, -0.25) is 14.9 Å². The Morgan fingerprint density at radius 2 is 1.77 bits per heavy atom. The Hall–Kier alpha value is -2.60. The van der Waals surface area contributed by atoms with Crippen LogP contribution in [0, 0.1) is 10.1 Å². The van der Waals surface area contributed by atoms with Gasteiger partial charge in [-0.1, -0.05) is 41.9 Å². The minimum atomic E-state index is -0.418. The monoisotopic (exact) mass is 373 g/mol. The average molecular weight is 374 g/mol. The molecular formula is C19H20ClN3O3. The summed E-state index contributed by atoms with van der Waals surface area (Å²) >= 11 is 5.87. The summed E-state index contributed by atoms with van der Waals surface area (Å²) < 4.78 is 0. The number of nitrogens with zero attached hydrogens (tertiary/aromatic N) is 3. The molecule has 0 aromatic heterocycles. The molecule has 1 heterocycles. The molecule has 26 heavy (non-hydrogen) atoms. The van der Waals surface area contributed by atoms with Crippen molar-refractivity contribution in [1.29, 1.82) is 0 Å². The fourth-order valence-electron chi connectivity index (χ4n) is 3.16. The van der Waals surface area contributed by atoms with Gasteiger partial charge in [0, 0.05) is 43.7 Å². The number of hydrogen-bond donors (Lipinski definition) is 0. The average Bonchev–Trinajstić information content (AvgIpc) is 2.67. The molecular weight excluding hydrogens is 354 g/mol. The molecule has 2 aromatic rings. The van der Waals surface area contributed by atoms with Crippen LogP contribution >= 0.6 is 11.6 Å². The number of carbonyl (C=O) groups is 1. The first-order valence-electron chi connectivity index (χ1n) is 8.55. The Kier molecular flexibility index (Phi) is 5.73. The number of rotatable bonds is 5. The topological polar surface area (TPSA) is 66.7 Å². The van der Waals surface area contributed by atoms with Crippen molar-refractivity contribution < 1.29 is 9.72 Å². The Morgan fingerprint density at radius 3 is 2.42 bits per heavy atom. The minimum absolute atomic E-state index is 0.00125. The molecule has 0 radical (unpaired) electrons. The summed E-state index contributed by atoms with van der Waals surface area (Å²) in [4.78, 5) is 27.0. The summed E-state index contributed by atoms with van der Waals surface area (Å²) in [7, 11) is 0. The van der Waals surface area contributed by atoms with Gasteiger partial charge in [-0.2, -0.15) is 0 Å². The summed E-state index contributed by atoms with van der Waals surface area (Å²) in [6.45, 7) is 2.26. The van der Waals surface area contributed by atoms with Gasteiger partial charge in [-0.25, -0.2) is 0 Å². The van der Waals surface area contributed by atoms with Gasteiger partial charge in [0.05, 0.1) is 4.92 Å². The summed E-state index contributed by atoms with van der Waals surface area (Å²) in [5, 5.41) is 11.6. The lowest BCUT2D eigenvalue weighted by molar-refractivity contribution is -0.384. The number of hydrogen-bond acceptors (Lipinski definition) is 4. The van der Waals surface area contributed by atoms with E-state index in [4.69, 9.17) is 11.6 Å². The normalized spacial score (nSPS) is 14.3. The third kappa shape index (κ3) is 4.32. The number of piperazine rings is 1. The van der Waals surface area contributed by atoms with Gasteiger partial charge in [0.15, 0.2) is 0 Å². The van der Waals surface area contributed by atoms with E-state index in [2.05, 4.69) is 0 Å². The van der Waals surface area contributed by atoms with Crippen LogP contribution in [0.1, 0.15) is 12.0 Å². The Bertz CT molecular complexity index is 790. The fourth-order valence-corrected chi connectivity index (χ4v) is 3.33. The van der Waals surface area contributed by atoms with E-state index in [0.717, 1.165) is 12.0 Å². The molecule has 1 amide bonds. The van der Waals surface area contributed by atoms with E-state index in [0.29, 0.717) is 43.3 Å². The first-order chi connectivity index (χ1) is 12.5. The highest BCUT2D eigenvalue weighted by molar-refractivity contribution is 6.30. The second kappa shape index (κ2) is 8.19. The van der Waals surface area contributed by atoms with Crippen LogP contribution in [0.5, 0.6) is 0 Å². The molecule has 1 fully saturated rings. The van der Waals surface area contributed by atoms with Crippen LogP contribution in [0.2, 0.25) is 5.02 Å². The predicted molar refractivity (Wildman–Crippen MR) is 102 cm³/mol. The molecule has 0 bridgehead atoms. The number of nitro benzene ring substituents is 1. The molecule has 0 N–H and O–H groups in total. The third-order valence-electron chi connectivity index (χ3n) is 4.58. The smallest absolute Gasteiger partial charge is 0.294 e. The summed E-state index contributed by atoms with van der Waals surface area (Å²) in [6, 6.07) is 14.6. The fraction of sp³-hybridized carbons (Fsp3) is 0.316. The molecule has 3 rings (SSSR count). The SMILES string of the molecule is O=C(CCc1ccccc1)N1CCN(c2ccc(Cl)cc2[N+](=O)[O-])CC1. The molecule has 0 aliphatic carbocycles. The molecule has 2 aromatic carbocycles. The first-order valence-corrected chi connectivity index (χ1v) is 8.93. The molecule has 1 aliphatic heterocycles. The lowest BCUT2D eigenvalue weighted by Gasteiger charge is -2.36. The number of amides is 1. The molecule has 0 atom stereocenters. The lowest BCUT2D eigenvalue weighted by Crippen LogP contribution is -2.49. The number of aryl methyl sites for hydroxylation is 1. The highest BCUT2D eigenvalue weighted by atomic mass is 35.5. The largest absolute Gasteiger partial charge is 0.362 e. The van der Waals surface area contributed by atoms with E-state index in [1.54, 1.807) is 12.1 Å². The van der Waals surface area contributed by atoms with Crippen LogP contribution in [0.15, 0.2) is 48.5 Å². The highest BCUT2D eigenvalue weighted by Gasteiger charge is 2.25. The lowest BCUT2D eigenvalue weighted by atomic mass is 10.1. The van der Waals surface area contributed by atoms with Gasteiger partial charge in [-0.15, -0.1) is 0 Å². The second-order valence-corrected chi connectivity index (χ2v) is 6.68. The molecule has 0 spiro atoms. The molecule has 6 nitrogen and oxygen atoms in total. The van der Waals surface area contributed by atoms with Crippen LogP contribution < -0.4 is 4.90 Å². The molecule has 7 heteroatoms. The number of halogens is 1. The van der Waals surface area contributed by atoms with Crippen LogP contribution in [0.3, 0.4) is 0 Å². The third-order valence-corrected chi connectivity index (χ3v) is 4.81. The van der Waals surface area contributed by atoms with E-state index in [1.807, 2.05) is 40.1 Å². The van der Waals surface area contributed by atoms with Gasteiger partial charge in [0.1, 0.15) is 5.69 Å². The summed E-state index contributed by atoms with van der Waals surface area (Å²) in [6.07, 6.45) is 1.20. The number of anilines is 1. The van der Waals surface area contributed by atoms with E-state index in [9.17, 15) is 14.9 Å². The van der Waals surface area contributed by atoms with Crippen LogP contribution in [-0.2, 0) is 11.2 Å².